The number of fused-ring (bicyclic) bond motifs is 1. The summed E-state index contributed by atoms with van der Waals surface area (Å²) in [4.78, 5) is 13.6. The van der Waals surface area contributed by atoms with Gasteiger partial charge in [-0.25, -0.2) is 4.68 Å². The predicted molar refractivity (Wildman–Crippen MR) is 115 cm³/mol. The largest absolute Gasteiger partial charge is 0.381 e. The van der Waals surface area contributed by atoms with Crippen LogP contribution in [0.1, 0.15) is 11.1 Å². The third kappa shape index (κ3) is 4.11. The number of nitrogens with zero attached hydrogens (tertiary/aromatic N) is 4. The van der Waals surface area contributed by atoms with Crippen molar-refractivity contribution in [3.8, 4) is 0 Å². The van der Waals surface area contributed by atoms with Crippen LogP contribution in [0.3, 0.4) is 0 Å². The number of hydrazone groups is 1. The lowest BCUT2D eigenvalue weighted by Crippen LogP contribution is -2.37. The van der Waals surface area contributed by atoms with E-state index in [9.17, 15) is 4.79 Å². The highest BCUT2D eigenvalue weighted by Crippen LogP contribution is 2.36. The number of rotatable bonds is 4. The Labute approximate surface area is 174 Å². The van der Waals surface area contributed by atoms with E-state index in [2.05, 4.69) is 51.3 Å². The molecule has 142 valence electrons. The quantitative estimate of drug-likeness (QED) is 0.684. The minimum absolute atomic E-state index is 0.0518. The van der Waals surface area contributed by atoms with Gasteiger partial charge in [0.1, 0.15) is 4.90 Å². The summed E-state index contributed by atoms with van der Waals surface area (Å²) < 4.78 is 8.71. The number of aromatic nitrogens is 2. The van der Waals surface area contributed by atoms with Gasteiger partial charge in [0.2, 0.25) is 0 Å². The Morgan fingerprint density at radius 1 is 1.41 bits per heavy atom. The van der Waals surface area contributed by atoms with Crippen molar-refractivity contribution in [1.29, 1.82) is 0 Å². The monoisotopic (exact) mass is 466 g/mol. The Morgan fingerprint density at radius 3 is 2.93 bits per heavy atom. The van der Waals surface area contributed by atoms with Crippen LogP contribution in [-0.4, -0.2) is 34.4 Å². The molecule has 2 aliphatic heterocycles. The maximum Gasteiger partial charge on any atom is 0.283 e. The molecule has 0 aliphatic carbocycles. The fraction of sp³-hybridized carbons (Fsp3) is 0.389. The molecule has 0 spiro atoms. The van der Waals surface area contributed by atoms with Gasteiger partial charge in [0.15, 0.2) is 4.38 Å². The van der Waals surface area contributed by atoms with Gasteiger partial charge in [-0.05, 0) is 30.2 Å². The van der Waals surface area contributed by atoms with Gasteiger partial charge in [-0.2, -0.15) is 10.2 Å². The van der Waals surface area contributed by atoms with Crippen LogP contribution in [-0.2, 0) is 17.0 Å². The average molecular weight is 467 g/mol. The summed E-state index contributed by atoms with van der Waals surface area (Å²) in [6, 6.07) is 6.28. The molecule has 0 amide bonds. The average Bonchev–Trinajstić information content (AvgIpc) is 2.59. The van der Waals surface area contributed by atoms with Gasteiger partial charge >= 0.3 is 0 Å². The highest BCUT2D eigenvalue weighted by Gasteiger charge is 2.25. The van der Waals surface area contributed by atoms with Gasteiger partial charge in [0.25, 0.3) is 5.56 Å². The molecule has 3 heterocycles. The maximum atomic E-state index is 12.9. The van der Waals surface area contributed by atoms with Crippen LogP contribution in [0.15, 0.2) is 43.7 Å². The Morgan fingerprint density at radius 2 is 2.22 bits per heavy atom. The molecule has 1 aromatic carbocycles. The number of aryl methyl sites for hydroxylation is 1. The zero-order valence-corrected chi connectivity index (χ0v) is 18.2. The van der Waals surface area contributed by atoms with Crippen molar-refractivity contribution in [3.05, 3.63) is 50.3 Å². The van der Waals surface area contributed by atoms with E-state index in [-0.39, 0.29) is 5.56 Å². The Bertz CT molecular complexity index is 959. The first-order valence-electron chi connectivity index (χ1n) is 8.57. The molecule has 1 saturated heterocycles. The number of hydrogen-bond acceptors (Lipinski definition) is 7. The lowest BCUT2D eigenvalue weighted by atomic mass is 10.1. The van der Waals surface area contributed by atoms with Crippen LogP contribution in [0.25, 0.3) is 0 Å². The van der Waals surface area contributed by atoms with Crippen molar-refractivity contribution in [2.45, 2.75) is 24.1 Å². The molecular weight excluding hydrogens is 448 g/mol. The Hall–Kier alpha value is -1.29. The van der Waals surface area contributed by atoms with Crippen molar-refractivity contribution in [2.75, 3.05) is 25.3 Å². The summed E-state index contributed by atoms with van der Waals surface area (Å²) in [6.45, 7) is 4.11. The third-order valence-corrected chi connectivity index (χ3v) is 7.27. The lowest BCUT2D eigenvalue weighted by molar-refractivity contribution is -0.0415. The highest BCUT2D eigenvalue weighted by atomic mass is 79.9. The number of anilines is 1. The Kier molecular flexibility index (Phi) is 5.63. The summed E-state index contributed by atoms with van der Waals surface area (Å²) in [5, 5.41) is 10.7. The van der Waals surface area contributed by atoms with Gasteiger partial charge in [-0.3, -0.25) is 9.80 Å². The van der Waals surface area contributed by atoms with E-state index in [1.807, 2.05) is 7.05 Å². The van der Waals surface area contributed by atoms with Crippen LogP contribution in [0.2, 0.25) is 0 Å². The molecule has 0 atom stereocenters. The number of benzene rings is 1. The SMILES string of the molecule is Cc1cc(Br)ccc1CSC1=NN(C)c2cnn(CC3COC3)c(=O)c2S1. The van der Waals surface area contributed by atoms with Gasteiger partial charge < -0.3 is 4.74 Å². The third-order valence-electron chi connectivity index (χ3n) is 4.54. The van der Waals surface area contributed by atoms with Gasteiger partial charge in [-0.15, -0.1) is 0 Å². The zero-order valence-electron chi connectivity index (χ0n) is 15.0. The topological polar surface area (TPSA) is 59.7 Å². The highest BCUT2D eigenvalue weighted by molar-refractivity contribution is 9.10. The fourth-order valence-electron chi connectivity index (χ4n) is 2.86. The minimum Gasteiger partial charge on any atom is -0.381 e. The molecule has 0 unspecified atom stereocenters. The van der Waals surface area contributed by atoms with Crippen LogP contribution in [0, 0.1) is 12.8 Å². The van der Waals surface area contributed by atoms with E-state index >= 15 is 0 Å². The minimum atomic E-state index is -0.0518. The van der Waals surface area contributed by atoms with Crippen molar-refractivity contribution in [3.63, 3.8) is 0 Å². The second kappa shape index (κ2) is 7.98. The molecule has 27 heavy (non-hydrogen) atoms. The molecule has 2 aromatic rings. The Balaban J connectivity index is 1.51. The van der Waals surface area contributed by atoms with Crippen LogP contribution < -0.4 is 10.6 Å². The number of halogens is 1. The second-order valence-corrected chi connectivity index (χ2v) is 9.74. The van der Waals surface area contributed by atoms with Crippen LogP contribution in [0.4, 0.5) is 5.69 Å². The lowest BCUT2D eigenvalue weighted by Gasteiger charge is -2.27. The van der Waals surface area contributed by atoms with Gasteiger partial charge in [0.05, 0.1) is 31.6 Å². The zero-order chi connectivity index (χ0) is 19.0. The summed E-state index contributed by atoms with van der Waals surface area (Å²) in [6.07, 6.45) is 1.73. The van der Waals surface area contributed by atoms with E-state index in [0.717, 1.165) is 20.3 Å². The molecule has 9 heteroatoms. The second-order valence-electron chi connectivity index (χ2n) is 6.60. The molecule has 4 rings (SSSR count). The first-order chi connectivity index (χ1) is 13.0. The van der Waals surface area contributed by atoms with Crippen LogP contribution >= 0.6 is 39.5 Å². The van der Waals surface area contributed by atoms with Gasteiger partial charge in [0, 0.05) is 23.2 Å². The summed E-state index contributed by atoms with van der Waals surface area (Å²) >= 11 is 6.59. The molecular formula is C18H19BrN4O2S2. The maximum absolute atomic E-state index is 12.9. The molecule has 0 bridgehead atoms. The molecule has 1 fully saturated rings. The van der Waals surface area contributed by atoms with Crippen molar-refractivity contribution in [2.24, 2.45) is 11.0 Å². The predicted octanol–water partition coefficient (Wildman–Crippen LogP) is 3.71. The van der Waals surface area contributed by atoms with Crippen LogP contribution in [0.5, 0.6) is 0 Å². The molecule has 0 saturated carbocycles. The fourth-order valence-corrected chi connectivity index (χ4v) is 5.60. The first kappa shape index (κ1) is 19.0. The van der Waals surface area contributed by atoms with Crippen molar-refractivity contribution in [1.82, 2.24) is 9.78 Å². The molecule has 0 radical (unpaired) electrons. The number of ether oxygens (including phenoxy) is 1. The van der Waals surface area contributed by atoms with E-state index in [1.54, 1.807) is 27.6 Å². The number of thioether (sulfide) groups is 2. The number of hydrogen-bond donors (Lipinski definition) is 0. The summed E-state index contributed by atoms with van der Waals surface area (Å²) in [5.74, 6) is 1.19. The van der Waals surface area contributed by atoms with E-state index in [4.69, 9.17) is 4.74 Å². The molecule has 2 aliphatic rings. The molecule has 0 N–H and O–H groups in total. The molecule has 1 aromatic heterocycles. The summed E-state index contributed by atoms with van der Waals surface area (Å²) in [5.41, 5.74) is 3.21. The van der Waals surface area contributed by atoms with E-state index in [1.165, 1.54) is 22.9 Å². The standard InChI is InChI=1S/C18H19BrN4O2S2/c1-11-5-14(19)4-3-13(11)10-26-18-21-22(2)15-6-20-23(7-12-8-25-9-12)17(24)16(15)27-18/h3-6,12H,7-10H2,1-2H3. The van der Waals surface area contributed by atoms with Gasteiger partial charge in [-0.1, -0.05) is 45.5 Å². The summed E-state index contributed by atoms with van der Waals surface area (Å²) in [7, 11) is 1.86. The van der Waals surface area contributed by atoms with E-state index in [0.29, 0.717) is 30.6 Å². The first-order valence-corrected chi connectivity index (χ1v) is 11.2. The van der Waals surface area contributed by atoms with Crippen molar-refractivity contribution < 1.29 is 4.74 Å². The normalized spacial score (nSPS) is 16.7. The molecule has 6 nitrogen and oxygen atoms in total. The van der Waals surface area contributed by atoms with Crippen molar-refractivity contribution >= 4 is 49.5 Å². The van der Waals surface area contributed by atoms with E-state index < -0.39 is 0 Å². The smallest absolute Gasteiger partial charge is 0.283 e.